The van der Waals surface area contributed by atoms with Crippen LogP contribution >= 0.6 is 0 Å². The number of H-pyrrole nitrogens is 1. The van der Waals surface area contributed by atoms with Crippen LogP contribution < -0.4 is 10.2 Å². The van der Waals surface area contributed by atoms with Crippen LogP contribution in [0.2, 0.25) is 0 Å². The van der Waals surface area contributed by atoms with E-state index in [1.165, 1.54) is 30.5 Å². The third kappa shape index (κ3) is 4.80. The molecule has 1 aromatic carbocycles. The number of likely N-dealkylation sites (N-methyl/N-ethyl adjacent to an activating group) is 1. The monoisotopic (exact) mass is 472 g/mol. The smallest absolute Gasteiger partial charge is 0.267 e. The molecule has 7 heteroatoms. The van der Waals surface area contributed by atoms with E-state index < -0.39 is 0 Å². The van der Waals surface area contributed by atoms with Gasteiger partial charge in [0.25, 0.3) is 5.91 Å². The van der Waals surface area contributed by atoms with Crippen LogP contribution in [0.15, 0.2) is 48.8 Å². The molecule has 6 rings (SSSR count). The summed E-state index contributed by atoms with van der Waals surface area (Å²) in [4.78, 5) is 27.5. The Hall–Kier alpha value is -2.90. The minimum absolute atomic E-state index is 0.0132. The molecule has 1 aliphatic carbocycles. The lowest BCUT2D eigenvalue weighted by Gasteiger charge is -2.34. The normalized spacial score (nSPS) is 22.5. The second kappa shape index (κ2) is 9.28. The fourth-order valence-electron chi connectivity index (χ4n) is 6.03. The van der Waals surface area contributed by atoms with Crippen LogP contribution in [0.4, 0.5) is 5.69 Å². The van der Waals surface area contributed by atoms with Gasteiger partial charge < -0.3 is 20.1 Å². The van der Waals surface area contributed by atoms with Gasteiger partial charge in [-0.3, -0.25) is 14.7 Å². The highest BCUT2D eigenvalue weighted by Crippen LogP contribution is 2.59. The summed E-state index contributed by atoms with van der Waals surface area (Å²) in [6.07, 6.45) is 7.26. The van der Waals surface area contributed by atoms with Crippen LogP contribution in [-0.2, 0) is 6.54 Å². The number of carbonyl (C=O) groups is 1. The third-order valence-electron chi connectivity index (χ3n) is 8.60. The molecule has 2 aliphatic heterocycles. The first kappa shape index (κ1) is 22.6. The molecule has 2 saturated heterocycles. The molecule has 1 spiro atoms. The predicted octanol–water partition coefficient (Wildman–Crippen LogP) is 3.35. The molecule has 2 aromatic heterocycles. The van der Waals surface area contributed by atoms with E-state index in [1.54, 1.807) is 12.4 Å². The summed E-state index contributed by atoms with van der Waals surface area (Å²) in [7, 11) is 2.20. The molecular formula is C28H36N6O. The lowest BCUT2D eigenvalue weighted by molar-refractivity contribution is 0.0942. The average molecular weight is 473 g/mol. The Kier molecular flexibility index (Phi) is 5.98. The van der Waals surface area contributed by atoms with Crippen molar-refractivity contribution >= 4 is 22.5 Å². The Morgan fingerprint density at radius 3 is 2.60 bits per heavy atom. The molecule has 4 heterocycles. The van der Waals surface area contributed by atoms with Crippen molar-refractivity contribution in [1.82, 2.24) is 25.1 Å². The molecule has 1 amide bonds. The summed E-state index contributed by atoms with van der Waals surface area (Å²) in [5.41, 5.74) is 4.78. The number of anilines is 1. The first-order chi connectivity index (χ1) is 17.1. The molecule has 7 nitrogen and oxygen atoms in total. The van der Waals surface area contributed by atoms with Crippen molar-refractivity contribution in [2.45, 2.75) is 25.8 Å². The number of nitrogens with zero attached hydrogens (tertiary/aromatic N) is 4. The van der Waals surface area contributed by atoms with E-state index >= 15 is 0 Å². The van der Waals surface area contributed by atoms with Crippen molar-refractivity contribution in [3.63, 3.8) is 0 Å². The van der Waals surface area contributed by atoms with Crippen LogP contribution in [0.5, 0.6) is 0 Å². The number of likely N-dealkylation sites (tertiary alicyclic amines) is 1. The van der Waals surface area contributed by atoms with E-state index in [-0.39, 0.29) is 5.91 Å². The zero-order valence-electron chi connectivity index (χ0n) is 20.7. The Bertz CT molecular complexity index is 1140. The van der Waals surface area contributed by atoms with Gasteiger partial charge in [0.1, 0.15) is 5.69 Å². The number of aromatic nitrogens is 2. The summed E-state index contributed by atoms with van der Waals surface area (Å²) in [6, 6.07) is 13.0. The van der Waals surface area contributed by atoms with Gasteiger partial charge in [-0.05, 0) is 80.6 Å². The Labute approximate surface area is 207 Å². The van der Waals surface area contributed by atoms with Gasteiger partial charge in [-0.2, -0.15) is 0 Å². The van der Waals surface area contributed by atoms with Crippen molar-refractivity contribution in [3.8, 4) is 0 Å². The number of amides is 1. The maximum absolute atomic E-state index is 12.6. The number of nitrogens with one attached hydrogen (secondary N) is 2. The van der Waals surface area contributed by atoms with Crippen molar-refractivity contribution in [3.05, 3.63) is 60.0 Å². The maximum atomic E-state index is 12.6. The lowest BCUT2D eigenvalue weighted by atomic mass is 9.90. The summed E-state index contributed by atoms with van der Waals surface area (Å²) in [5, 5.41) is 4.14. The molecule has 3 aliphatic rings. The van der Waals surface area contributed by atoms with Crippen molar-refractivity contribution < 1.29 is 4.79 Å². The number of piperidine rings is 1. The Balaban J connectivity index is 0.955. The second-order valence-corrected chi connectivity index (χ2v) is 10.9. The highest BCUT2D eigenvalue weighted by Gasteiger charge is 2.54. The summed E-state index contributed by atoms with van der Waals surface area (Å²) in [5.74, 6) is 0.600. The molecule has 1 atom stereocenters. The van der Waals surface area contributed by atoms with Crippen LogP contribution in [0.25, 0.3) is 10.9 Å². The lowest BCUT2D eigenvalue weighted by Crippen LogP contribution is -2.44. The van der Waals surface area contributed by atoms with Gasteiger partial charge >= 0.3 is 0 Å². The molecule has 35 heavy (non-hydrogen) atoms. The van der Waals surface area contributed by atoms with Crippen molar-refractivity contribution in [2.75, 3.05) is 57.8 Å². The van der Waals surface area contributed by atoms with Gasteiger partial charge in [-0.1, -0.05) is 12.1 Å². The maximum Gasteiger partial charge on any atom is 0.267 e. The predicted molar refractivity (Wildman–Crippen MR) is 140 cm³/mol. The number of hydrogen-bond donors (Lipinski definition) is 2. The van der Waals surface area contributed by atoms with Gasteiger partial charge in [0, 0.05) is 68.3 Å². The number of carbonyl (C=O) groups excluding carboxylic acids is 1. The molecule has 1 saturated carbocycles. The highest BCUT2D eigenvalue weighted by atomic mass is 16.1. The summed E-state index contributed by atoms with van der Waals surface area (Å²) >= 11 is 0. The van der Waals surface area contributed by atoms with Crippen LogP contribution in [0, 0.1) is 11.3 Å². The van der Waals surface area contributed by atoms with Gasteiger partial charge in [0.15, 0.2) is 0 Å². The number of pyridine rings is 1. The number of piperazine rings is 1. The highest BCUT2D eigenvalue weighted by molar-refractivity contribution is 5.97. The van der Waals surface area contributed by atoms with E-state index in [1.807, 2.05) is 12.1 Å². The van der Waals surface area contributed by atoms with Crippen molar-refractivity contribution in [2.24, 2.45) is 11.3 Å². The first-order valence-electron chi connectivity index (χ1n) is 13.0. The topological polar surface area (TPSA) is 67.5 Å². The van der Waals surface area contributed by atoms with Crippen LogP contribution in [0.1, 0.15) is 35.3 Å². The van der Waals surface area contributed by atoms with E-state index in [4.69, 9.17) is 0 Å². The largest absolute Gasteiger partial charge is 0.369 e. The fourth-order valence-corrected chi connectivity index (χ4v) is 6.03. The molecule has 1 unspecified atom stereocenters. The van der Waals surface area contributed by atoms with Crippen molar-refractivity contribution in [1.29, 1.82) is 0 Å². The van der Waals surface area contributed by atoms with E-state index in [2.05, 4.69) is 61.3 Å². The summed E-state index contributed by atoms with van der Waals surface area (Å²) < 4.78 is 0. The third-order valence-corrected chi connectivity index (χ3v) is 8.60. The fraction of sp³-hybridized carbons (Fsp3) is 0.500. The number of benzene rings is 1. The molecule has 184 valence electrons. The molecule has 0 radical (unpaired) electrons. The van der Waals surface area contributed by atoms with Gasteiger partial charge in [0.05, 0.1) is 0 Å². The SMILES string of the molecule is CN1CCN(c2ccc(CN3CCC4(CC3)CC4CNC(=O)c3cc4cnccc4[nH]3)cc2)CC1. The van der Waals surface area contributed by atoms with E-state index in [0.29, 0.717) is 17.0 Å². The number of rotatable bonds is 6. The molecule has 3 fully saturated rings. The minimum atomic E-state index is -0.0132. The Morgan fingerprint density at radius 2 is 1.86 bits per heavy atom. The van der Waals surface area contributed by atoms with Gasteiger partial charge in [0.2, 0.25) is 0 Å². The van der Waals surface area contributed by atoms with E-state index in [0.717, 1.165) is 63.3 Å². The second-order valence-electron chi connectivity index (χ2n) is 10.9. The number of fused-ring (bicyclic) bond motifs is 1. The van der Waals surface area contributed by atoms with Gasteiger partial charge in [-0.25, -0.2) is 0 Å². The quantitative estimate of drug-likeness (QED) is 0.576. The standard InChI is InChI=1S/C28H36N6O/c1-32-12-14-34(15-13-32)24-4-2-21(3-5-24)20-33-10-7-28(8-11-33)17-23(28)19-30-27(35)26-16-22-18-29-9-6-25(22)31-26/h2-6,9,16,18,23,31H,7-8,10-15,17,19-20H2,1H3,(H,30,35). The zero-order valence-corrected chi connectivity index (χ0v) is 20.7. The van der Waals surface area contributed by atoms with Crippen LogP contribution in [0.3, 0.4) is 0 Å². The molecule has 2 N–H and O–H groups in total. The zero-order chi connectivity index (χ0) is 23.8. The average Bonchev–Trinajstić information content (AvgIpc) is 3.36. The van der Waals surface area contributed by atoms with Gasteiger partial charge in [-0.15, -0.1) is 0 Å². The molecule has 3 aromatic rings. The van der Waals surface area contributed by atoms with E-state index in [9.17, 15) is 4.79 Å². The Morgan fingerprint density at radius 1 is 1.09 bits per heavy atom. The minimum Gasteiger partial charge on any atom is -0.369 e. The molecular weight excluding hydrogens is 436 g/mol. The first-order valence-corrected chi connectivity index (χ1v) is 13.0. The summed E-state index contributed by atoms with van der Waals surface area (Å²) in [6.45, 7) is 8.64. The number of aromatic amines is 1. The molecule has 0 bridgehead atoms. The number of hydrogen-bond acceptors (Lipinski definition) is 5. The van der Waals surface area contributed by atoms with Crippen LogP contribution in [-0.4, -0.2) is 78.5 Å².